The summed E-state index contributed by atoms with van der Waals surface area (Å²) < 4.78 is 1.98. The normalized spacial score (nSPS) is 16.8. The molecule has 2 N–H and O–H groups in total. The molecule has 3 heteroatoms. The van der Waals surface area contributed by atoms with Crippen molar-refractivity contribution in [1.29, 1.82) is 0 Å². The molecule has 3 nitrogen and oxygen atoms in total. The van der Waals surface area contributed by atoms with Gasteiger partial charge in [-0.2, -0.15) is 5.10 Å². The molecule has 1 aromatic carbocycles. The third-order valence-corrected chi connectivity index (χ3v) is 3.82. The lowest BCUT2D eigenvalue weighted by Crippen LogP contribution is -2.22. The molecule has 3 rings (SSSR count). The van der Waals surface area contributed by atoms with Crippen LogP contribution in [0.3, 0.4) is 0 Å². The zero-order chi connectivity index (χ0) is 12.6. The molecule has 1 fully saturated rings. The predicted molar refractivity (Wildman–Crippen MR) is 73.1 cm³/mol. The van der Waals surface area contributed by atoms with Crippen LogP contribution in [0, 0.1) is 0 Å². The minimum Gasteiger partial charge on any atom is -0.325 e. The number of aryl methyl sites for hydroxylation is 2. The molecule has 2 aromatic rings. The highest BCUT2D eigenvalue weighted by Crippen LogP contribution is 2.36. The summed E-state index contributed by atoms with van der Waals surface area (Å²) in [6, 6.07) is 12.5. The van der Waals surface area contributed by atoms with Gasteiger partial charge in [0.25, 0.3) is 0 Å². The molecule has 0 spiro atoms. The maximum atomic E-state index is 6.13. The van der Waals surface area contributed by atoms with E-state index in [2.05, 4.69) is 23.3 Å². The van der Waals surface area contributed by atoms with Crippen LogP contribution in [0.1, 0.15) is 25.0 Å². The molecule has 1 aliphatic carbocycles. The molecule has 1 aromatic heterocycles. The predicted octanol–water partition coefficient (Wildman–Crippen LogP) is 2.51. The van der Waals surface area contributed by atoms with E-state index in [0.717, 1.165) is 18.5 Å². The molecule has 0 amide bonds. The fraction of sp³-hybridized carbons (Fsp3) is 0.400. The van der Waals surface area contributed by atoms with E-state index >= 15 is 0 Å². The van der Waals surface area contributed by atoms with Crippen molar-refractivity contribution in [2.75, 3.05) is 0 Å². The molecular formula is C15H19N3. The monoisotopic (exact) mass is 241 g/mol. The second-order valence-electron chi connectivity index (χ2n) is 5.37. The Morgan fingerprint density at radius 1 is 1.28 bits per heavy atom. The fourth-order valence-electron chi connectivity index (χ4n) is 2.28. The Balaban J connectivity index is 1.78. The van der Waals surface area contributed by atoms with E-state index in [4.69, 9.17) is 5.73 Å². The Morgan fingerprint density at radius 3 is 2.67 bits per heavy atom. The zero-order valence-electron chi connectivity index (χ0n) is 10.8. The lowest BCUT2D eigenvalue weighted by atomic mass is 10.1. The van der Waals surface area contributed by atoms with Crippen molar-refractivity contribution in [3.05, 3.63) is 42.1 Å². The van der Waals surface area contributed by atoms with Crippen molar-refractivity contribution in [3.8, 4) is 11.3 Å². The standard InChI is InChI=1S/C15H19N3/c1-18-13(7-8-15(16)9-10-15)11-14(17-18)12-5-3-2-4-6-12/h2-6,11H,7-10,16H2,1H3. The molecule has 1 heterocycles. The van der Waals surface area contributed by atoms with E-state index in [1.54, 1.807) is 0 Å². The van der Waals surface area contributed by atoms with Crippen LogP contribution in [0.2, 0.25) is 0 Å². The first kappa shape index (κ1) is 11.5. The van der Waals surface area contributed by atoms with Crippen molar-refractivity contribution < 1.29 is 0 Å². The number of rotatable bonds is 4. The molecule has 18 heavy (non-hydrogen) atoms. The van der Waals surface area contributed by atoms with Gasteiger partial charge in [0, 0.05) is 23.8 Å². The van der Waals surface area contributed by atoms with Crippen molar-refractivity contribution in [3.63, 3.8) is 0 Å². The van der Waals surface area contributed by atoms with Crippen LogP contribution < -0.4 is 5.73 Å². The Labute approximate surface area is 108 Å². The first-order valence-corrected chi connectivity index (χ1v) is 6.54. The summed E-state index contributed by atoms with van der Waals surface area (Å²) >= 11 is 0. The maximum absolute atomic E-state index is 6.13. The zero-order valence-corrected chi connectivity index (χ0v) is 10.8. The Kier molecular flexibility index (Phi) is 2.71. The van der Waals surface area contributed by atoms with Crippen molar-refractivity contribution in [1.82, 2.24) is 9.78 Å². The third kappa shape index (κ3) is 2.31. The molecule has 0 radical (unpaired) electrons. The second kappa shape index (κ2) is 4.25. The Morgan fingerprint density at radius 2 is 2.00 bits per heavy atom. The first-order chi connectivity index (χ1) is 8.66. The average Bonchev–Trinajstić information content (AvgIpc) is 3.00. The molecule has 1 saturated carbocycles. The highest BCUT2D eigenvalue weighted by atomic mass is 15.3. The van der Waals surface area contributed by atoms with Crippen LogP contribution in [0.4, 0.5) is 0 Å². The van der Waals surface area contributed by atoms with Gasteiger partial charge in [-0.15, -0.1) is 0 Å². The SMILES string of the molecule is Cn1nc(-c2ccccc2)cc1CCC1(N)CC1. The summed E-state index contributed by atoms with van der Waals surface area (Å²) in [6.07, 6.45) is 4.44. The molecule has 0 atom stereocenters. The summed E-state index contributed by atoms with van der Waals surface area (Å²) in [7, 11) is 2.01. The van der Waals surface area contributed by atoms with E-state index in [1.165, 1.54) is 24.1 Å². The minimum absolute atomic E-state index is 0.122. The Bertz CT molecular complexity index is 538. The summed E-state index contributed by atoms with van der Waals surface area (Å²) in [4.78, 5) is 0. The van der Waals surface area contributed by atoms with Crippen LogP contribution in [-0.4, -0.2) is 15.3 Å². The molecular weight excluding hydrogens is 222 g/mol. The number of nitrogens with two attached hydrogens (primary N) is 1. The molecule has 0 unspecified atom stereocenters. The quantitative estimate of drug-likeness (QED) is 0.893. The van der Waals surface area contributed by atoms with Crippen LogP contribution in [0.5, 0.6) is 0 Å². The van der Waals surface area contributed by atoms with Crippen LogP contribution in [0.25, 0.3) is 11.3 Å². The first-order valence-electron chi connectivity index (χ1n) is 6.54. The van der Waals surface area contributed by atoms with Gasteiger partial charge in [-0.1, -0.05) is 30.3 Å². The molecule has 1 aliphatic rings. The Hall–Kier alpha value is -1.61. The van der Waals surface area contributed by atoms with Crippen molar-refractivity contribution >= 4 is 0 Å². The van der Waals surface area contributed by atoms with Gasteiger partial charge < -0.3 is 5.73 Å². The van der Waals surface area contributed by atoms with Gasteiger partial charge in [0.15, 0.2) is 0 Å². The summed E-state index contributed by atoms with van der Waals surface area (Å²) in [6.45, 7) is 0. The summed E-state index contributed by atoms with van der Waals surface area (Å²) in [5, 5.41) is 4.58. The number of hydrogen-bond acceptors (Lipinski definition) is 2. The van der Waals surface area contributed by atoms with Gasteiger partial charge in [0.2, 0.25) is 0 Å². The van der Waals surface area contributed by atoms with E-state index in [9.17, 15) is 0 Å². The number of aromatic nitrogens is 2. The number of benzene rings is 1. The lowest BCUT2D eigenvalue weighted by Gasteiger charge is -2.07. The van der Waals surface area contributed by atoms with Crippen molar-refractivity contribution in [2.24, 2.45) is 12.8 Å². The summed E-state index contributed by atoms with van der Waals surface area (Å²) in [5.74, 6) is 0. The minimum atomic E-state index is 0.122. The molecule has 0 bridgehead atoms. The molecule has 94 valence electrons. The fourth-order valence-corrected chi connectivity index (χ4v) is 2.28. The van der Waals surface area contributed by atoms with E-state index in [1.807, 2.05) is 29.9 Å². The van der Waals surface area contributed by atoms with Crippen LogP contribution in [0.15, 0.2) is 36.4 Å². The average molecular weight is 241 g/mol. The highest BCUT2D eigenvalue weighted by Gasteiger charge is 2.37. The van der Waals surface area contributed by atoms with Crippen LogP contribution >= 0.6 is 0 Å². The molecule has 0 aliphatic heterocycles. The van der Waals surface area contributed by atoms with Gasteiger partial charge >= 0.3 is 0 Å². The van der Waals surface area contributed by atoms with E-state index in [-0.39, 0.29) is 5.54 Å². The summed E-state index contributed by atoms with van der Waals surface area (Å²) in [5.41, 5.74) is 9.75. The largest absolute Gasteiger partial charge is 0.325 e. The van der Waals surface area contributed by atoms with Gasteiger partial charge in [0.05, 0.1) is 5.69 Å². The smallest absolute Gasteiger partial charge is 0.0925 e. The highest BCUT2D eigenvalue weighted by molar-refractivity contribution is 5.59. The van der Waals surface area contributed by atoms with Gasteiger partial charge in [-0.05, 0) is 31.7 Å². The number of hydrogen-bond donors (Lipinski definition) is 1. The van der Waals surface area contributed by atoms with E-state index < -0.39 is 0 Å². The second-order valence-corrected chi connectivity index (χ2v) is 5.37. The number of nitrogens with zero attached hydrogens (tertiary/aromatic N) is 2. The third-order valence-electron chi connectivity index (χ3n) is 3.82. The topological polar surface area (TPSA) is 43.8 Å². The van der Waals surface area contributed by atoms with Gasteiger partial charge in [-0.25, -0.2) is 0 Å². The maximum Gasteiger partial charge on any atom is 0.0925 e. The lowest BCUT2D eigenvalue weighted by molar-refractivity contribution is 0.583. The van der Waals surface area contributed by atoms with E-state index in [0.29, 0.717) is 0 Å². The van der Waals surface area contributed by atoms with Gasteiger partial charge in [0.1, 0.15) is 0 Å². The van der Waals surface area contributed by atoms with Crippen molar-refractivity contribution in [2.45, 2.75) is 31.2 Å². The molecule has 0 saturated heterocycles. The van der Waals surface area contributed by atoms with Gasteiger partial charge in [-0.3, -0.25) is 4.68 Å². The van der Waals surface area contributed by atoms with Crippen LogP contribution in [-0.2, 0) is 13.5 Å².